The summed E-state index contributed by atoms with van der Waals surface area (Å²) in [5.74, 6) is 1.34. The summed E-state index contributed by atoms with van der Waals surface area (Å²) in [5.41, 5.74) is 0.939. The van der Waals surface area contributed by atoms with Crippen LogP contribution >= 0.6 is 11.6 Å². The number of hydrogen-bond donors (Lipinski definition) is 0. The molecule has 2 rings (SSSR count). The van der Waals surface area contributed by atoms with Crippen LogP contribution in [0.25, 0.3) is 6.08 Å². The third-order valence-corrected chi connectivity index (χ3v) is 2.14. The highest BCUT2D eigenvalue weighted by atomic mass is 35.5. The lowest BCUT2D eigenvalue weighted by atomic mass is 10.2. The van der Waals surface area contributed by atoms with Gasteiger partial charge in [-0.15, -0.1) is 0 Å². The Hall–Kier alpha value is -1.15. The van der Waals surface area contributed by atoms with Gasteiger partial charge >= 0.3 is 0 Å². The van der Waals surface area contributed by atoms with Crippen LogP contribution in [0.5, 0.6) is 11.5 Å². The zero-order valence-corrected chi connectivity index (χ0v) is 7.80. The lowest BCUT2D eigenvalue weighted by molar-refractivity contribution is 0.171. The molecule has 3 heteroatoms. The van der Waals surface area contributed by atoms with Crippen molar-refractivity contribution >= 4 is 17.7 Å². The molecule has 1 aliphatic rings. The summed E-state index contributed by atoms with van der Waals surface area (Å²) in [4.78, 5) is 0. The first-order chi connectivity index (χ1) is 6.31. The lowest BCUT2D eigenvalue weighted by Gasteiger charge is -2.19. The Kier molecular flexibility index (Phi) is 2.15. The average Bonchev–Trinajstić information content (AvgIpc) is 2.18. The summed E-state index contributed by atoms with van der Waals surface area (Å²) in [6, 6.07) is 3.68. The first-order valence-corrected chi connectivity index (χ1v) is 4.40. The molecule has 0 atom stereocenters. The molecule has 1 aromatic rings. The van der Waals surface area contributed by atoms with E-state index in [4.69, 9.17) is 21.1 Å². The summed E-state index contributed by atoms with van der Waals surface area (Å²) >= 11 is 5.97. The molecule has 0 amide bonds. The van der Waals surface area contributed by atoms with Crippen LogP contribution in [0, 0.1) is 0 Å². The van der Waals surface area contributed by atoms with E-state index in [-0.39, 0.29) is 0 Å². The first kappa shape index (κ1) is 8.45. The van der Waals surface area contributed by atoms with Crippen LogP contribution in [0.15, 0.2) is 18.7 Å². The fourth-order valence-corrected chi connectivity index (χ4v) is 1.52. The normalized spacial score (nSPS) is 13.9. The SMILES string of the molecule is C=Cc1cc(Cl)c2c(c1)OCCO2. The molecule has 0 saturated heterocycles. The van der Waals surface area contributed by atoms with Crippen molar-refractivity contribution in [1.82, 2.24) is 0 Å². The topological polar surface area (TPSA) is 18.5 Å². The monoisotopic (exact) mass is 196 g/mol. The van der Waals surface area contributed by atoms with Crippen molar-refractivity contribution in [2.24, 2.45) is 0 Å². The molecular weight excluding hydrogens is 188 g/mol. The number of ether oxygens (including phenoxy) is 2. The minimum absolute atomic E-state index is 0.556. The van der Waals surface area contributed by atoms with Gasteiger partial charge in [0.15, 0.2) is 11.5 Å². The second kappa shape index (κ2) is 3.30. The zero-order chi connectivity index (χ0) is 9.26. The summed E-state index contributed by atoms with van der Waals surface area (Å²) in [6.45, 7) is 4.79. The molecule has 0 aliphatic carbocycles. The van der Waals surface area contributed by atoms with Crippen LogP contribution in [0.3, 0.4) is 0 Å². The smallest absolute Gasteiger partial charge is 0.179 e. The zero-order valence-electron chi connectivity index (χ0n) is 7.05. The molecule has 0 saturated carbocycles. The number of hydrogen-bond acceptors (Lipinski definition) is 2. The summed E-state index contributed by atoms with van der Waals surface area (Å²) in [6.07, 6.45) is 1.73. The Morgan fingerprint density at radius 2 is 2.08 bits per heavy atom. The van der Waals surface area contributed by atoms with E-state index in [1.165, 1.54) is 0 Å². The van der Waals surface area contributed by atoms with E-state index >= 15 is 0 Å². The quantitative estimate of drug-likeness (QED) is 0.688. The van der Waals surface area contributed by atoms with E-state index in [0.717, 1.165) is 5.56 Å². The van der Waals surface area contributed by atoms with Crippen LogP contribution in [-0.4, -0.2) is 13.2 Å². The van der Waals surface area contributed by atoms with E-state index in [1.54, 1.807) is 6.08 Å². The van der Waals surface area contributed by atoms with E-state index in [2.05, 4.69) is 6.58 Å². The van der Waals surface area contributed by atoms with Crippen LogP contribution < -0.4 is 9.47 Å². The van der Waals surface area contributed by atoms with Crippen molar-refractivity contribution in [2.45, 2.75) is 0 Å². The molecule has 0 bridgehead atoms. The van der Waals surface area contributed by atoms with Gasteiger partial charge in [-0.3, -0.25) is 0 Å². The highest BCUT2D eigenvalue weighted by Gasteiger charge is 2.15. The molecule has 0 spiro atoms. The maximum atomic E-state index is 5.97. The van der Waals surface area contributed by atoms with E-state index in [1.807, 2.05) is 12.1 Å². The van der Waals surface area contributed by atoms with Crippen molar-refractivity contribution < 1.29 is 9.47 Å². The predicted molar refractivity (Wildman–Crippen MR) is 52.5 cm³/mol. The maximum absolute atomic E-state index is 5.97. The van der Waals surface area contributed by atoms with Gasteiger partial charge in [0.25, 0.3) is 0 Å². The van der Waals surface area contributed by atoms with Gasteiger partial charge in [-0.2, -0.15) is 0 Å². The van der Waals surface area contributed by atoms with Crippen LogP contribution in [0.4, 0.5) is 0 Å². The number of halogens is 1. The molecule has 0 aromatic heterocycles. The standard InChI is InChI=1S/C10H9ClO2/c1-2-7-5-8(11)10-9(6-7)12-3-4-13-10/h2,5-6H,1,3-4H2. The van der Waals surface area contributed by atoms with Gasteiger partial charge in [-0.25, -0.2) is 0 Å². The van der Waals surface area contributed by atoms with Gasteiger partial charge in [0, 0.05) is 0 Å². The molecule has 1 heterocycles. The Morgan fingerprint density at radius 1 is 1.31 bits per heavy atom. The van der Waals surface area contributed by atoms with E-state index in [9.17, 15) is 0 Å². The molecule has 13 heavy (non-hydrogen) atoms. The molecule has 68 valence electrons. The highest BCUT2D eigenvalue weighted by molar-refractivity contribution is 6.32. The summed E-state index contributed by atoms with van der Waals surface area (Å²) in [7, 11) is 0. The Bertz CT molecular complexity index is 347. The molecule has 2 nitrogen and oxygen atoms in total. The molecule has 0 unspecified atom stereocenters. The fourth-order valence-electron chi connectivity index (χ4n) is 1.25. The highest BCUT2D eigenvalue weighted by Crippen LogP contribution is 2.38. The molecule has 1 aliphatic heterocycles. The van der Waals surface area contributed by atoms with E-state index < -0.39 is 0 Å². The van der Waals surface area contributed by atoms with Crippen LogP contribution in [0.1, 0.15) is 5.56 Å². The first-order valence-electron chi connectivity index (χ1n) is 4.03. The van der Waals surface area contributed by atoms with Crippen molar-refractivity contribution in [3.63, 3.8) is 0 Å². The second-order valence-corrected chi connectivity index (χ2v) is 3.14. The van der Waals surface area contributed by atoms with Crippen molar-refractivity contribution in [2.75, 3.05) is 13.2 Å². The van der Waals surface area contributed by atoms with Gasteiger partial charge in [-0.05, 0) is 17.7 Å². The Balaban J connectivity index is 2.52. The van der Waals surface area contributed by atoms with Crippen molar-refractivity contribution in [3.8, 4) is 11.5 Å². The Labute approximate surface area is 81.7 Å². The summed E-state index contributed by atoms with van der Waals surface area (Å²) in [5, 5.41) is 0.576. The van der Waals surface area contributed by atoms with Gasteiger partial charge in [0.05, 0.1) is 5.02 Å². The largest absolute Gasteiger partial charge is 0.486 e. The van der Waals surface area contributed by atoms with Gasteiger partial charge in [-0.1, -0.05) is 24.3 Å². The molecule has 1 aromatic carbocycles. The van der Waals surface area contributed by atoms with E-state index in [0.29, 0.717) is 29.7 Å². The number of fused-ring (bicyclic) bond motifs is 1. The number of rotatable bonds is 1. The minimum Gasteiger partial charge on any atom is -0.486 e. The van der Waals surface area contributed by atoms with Crippen molar-refractivity contribution in [3.05, 3.63) is 29.3 Å². The number of benzene rings is 1. The van der Waals surface area contributed by atoms with Crippen LogP contribution in [-0.2, 0) is 0 Å². The maximum Gasteiger partial charge on any atom is 0.179 e. The molecule has 0 N–H and O–H groups in total. The predicted octanol–water partition coefficient (Wildman–Crippen LogP) is 2.75. The minimum atomic E-state index is 0.556. The fraction of sp³-hybridized carbons (Fsp3) is 0.200. The second-order valence-electron chi connectivity index (χ2n) is 2.73. The van der Waals surface area contributed by atoms with Crippen LogP contribution in [0.2, 0.25) is 5.02 Å². The Morgan fingerprint density at radius 3 is 2.85 bits per heavy atom. The lowest BCUT2D eigenvalue weighted by Crippen LogP contribution is -2.15. The van der Waals surface area contributed by atoms with Gasteiger partial charge < -0.3 is 9.47 Å². The van der Waals surface area contributed by atoms with Gasteiger partial charge in [0.1, 0.15) is 13.2 Å². The summed E-state index contributed by atoms with van der Waals surface area (Å²) < 4.78 is 10.8. The third kappa shape index (κ3) is 1.49. The molecule has 0 fully saturated rings. The third-order valence-electron chi connectivity index (χ3n) is 1.85. The van der Waals surface area contributed by atoms with Gasteiger partial charge in [0.2, 0.25) is 0 Å². The molecule has 0 radical (unpaired) electrons. The van der Waals surface area contributed by atoms with Crippen molar-refractivity contribution in [1.29, 1.82) is 0 Å². The average molecular weight is 197 g/mol. The molecular formula is C10H9ClO2.